The van der Waals surface area contributed by atoms with Crippen molar-refractivity contribution in [3.63, 3.8) is 0 Å². The van der Waals surface area contributed by atoms with E-state index in [1.807, 2.05) is 33.1 Å². The minimum atomic E-state index is -0.306. The lowest BCUT2D eigenvalue weighted by Gasteiger charge is -2.17. The zero-order valence-corrected chi connectivity index (χ0v) is 10.3. The van der Waals surface area contributed by atoms with Gasteiger partial charge in [-0.3, -0.25) is 9.79 Å². The van der Waals surface area contributed by atoms with Gasteiger partial charge >= 0.3 is 0 Å². The molecular formula is C13H20N2O. The van der Waals surface area contributed by atoms with Crippen LogP contribution < -0.4 is 5.32 Å². The van der Waals surface area contributed by atoms with Gasteiger partial charge in [0.2, 0.25) is 5.91 Å². The van der Waals surface area contributed by atoms with Crippen molar-refractivity contribution in [2.75, 3.05) is 6.54 Å². The summed E-state index contributed by atoms with van der Waals surface area (Å²) in [5.41, 5.74) is 0.992. The van der Waals surface area contributed by atoms with Crippen molar-refractivity contribution in [3.8, 4) is 0 Å². The fourth-order valence-corrected chi connectivity index (χ4v) is 1.31. The maximum Gasteiger partial charge on any atom is 0.225 e. The average molecular weight is 220 g/mol. The maximum atomic E-state index is 11.6. The van der Waals surface area contributed by atoms with Gasteiger partial charge in [-0.25, -0.2) is 0 Å². The van der Waals surface area contributed by atoms with E-state index in [4.69, 9.17) is 0 Å². The summed E-state index contributed by atoms with van der Waals surface area (Å²) in [5.74, 6) is 0.103. The van der Waals surface area contributed by atoms with Crippen LogP contribution in [0, 0.1) is 5.41 Å². The second-order valence-corrected chi connectivity index (χ2v) is 4.96. The Balaban J connectivity index is 2.31. The zero-order valence-electron chi connectivity index (χ0n) is 10.3. The third-order valence-electron chi connectivity index (χ3n) is 2.38. The van der Waals surface area contributed by atoms with E-state index in [2.05, 4.69) is 16.4 Å². The summed E-state index contributed by atoms with van der Waals surface area (Å²) < 4.78 is 0. The second-order valence-electron chi connectivity index (χ2n) is 4.96. The number of hydrogen-bond acceptors (Lipinski definition) is 2. The molecule has 1 rings (SSSR count). The van der Waals surface area contributed by atoms with Crippen LogP contribution in [0.25, 0.3) is 0 Å². The van der Waals surface area contributed by atoms with Crippen molar-refractivity contribution in [2.45, 2.75) is 33.6 Å². The number of amides is 1. The number of carbonyl (C=O) groups excluding carboxylic acids is 1. The second kappa shape index (κ2) is 5.64. The van der Waals surface area contributed by atoms with Crippen molar-refractivity contribution in [2.24, 2.45) is 10.4 Å². The van der Waals surface area contributed by atoms with Crippen LogP contribution in [0.1, 0.15) is 33.6 Å². The van der Waals surface area contributed by atoms with Crippen LogP contribution in [0.15, 0.2) is 28.9 Å². The predicted molar refractivity (Wildman–Crippen MR) is 67.4 cm³/mol. The topological polar surface area (TPSA) is 41.5 Å². The Kier molecular flexibility index (Phi) is 4.47. The standard InChI is InChI=1S/C13H20N2O/c1-13(2,3)12(16)15-10-7-11-5-4-8-14-9-6-11/h4-5,8-9H,6-7,10H2,1-3H3,(H,15,16). The molecule has 0 fully saturated rings. The molecule has 0 aliphatic carbocycles. The monoisotopic (exact) mass is 220 g/mol. The Bertz CT molecular complexity index is 332. The van der Waals surface area contributed by atoms with Crippen LogP contribution in [0.5, 0.6) is 0 Å². The van der Waals surface area contributed by atoms with E-state index in [0.29, 0.717) is 6.54 Å². The number of nitrogens with zero attached hydrogens (tertiary/aromatic N) is 1. The zero-order chi connectivity index (χ0) is 12.0. The lowest BCUT2D eigenvalue weighted by atomic mass is 9.95. The van der Waals surface area contributed by atoms with E-state index >= 15 is 0 Å². The SMILES string of the molecule is CC(C)(C)C(=O)NCCC1=CC=CN=CC1. The molecule has 1 aliphatic heterocycles. The maximum absolute atomic E-state index is 11.6. The van der Waals surface area contributed by atoms with Gasteiger partial charge in [-0.1, -0.05) is 32.4 Å². The molecule has 3 heteroatoms. The molecular weight excluding hydrogens is 200 g/mol. The van der Waals surface area contributed by atoms with E-state index < -0.39 is 0 Å². The van der Waals surface area contributed by atoms with Crippen molar-refractivity contribution in [1.82, 2.24) is 5.32 Å². The number of nitrogens with one attached hydrogen (secondary N) is 1. The smallest absolute Gasteiger partial charge is 0.225 e. The largest absolute Gasteiger partial charge is 0.355 e. The molecule has 0 spiro atoms. The van der Waals surface area contributed by atoms with E-state index in [1.165, 1.54) is 5.57 Å². The first kappa shape index (κ1) is 12.7. The molecule has 0 bridgehead atoms. The van der Waals surface area contributed by atoms with Gasteiger partial charge < -0.3 is 5.32 Å². The van der Waals surface area contributed by atoms with Crippen molar-refractivity contribution < 1.29 is 4.79 Å². The number of carbonyl (C=O) groups is 1. The summed E-state index contributed by atoms with van der Waals surface area (Å²) >= 11 is 0. The highest BCUT2D eigenvalue weighted by atomic mass is 16.2. The lowest BCUT2D eigenvalue weighted by molar-refractivity contribution is -0.128. The summed E-state index contributed by atoms with van der Waals surface area (Å²) in [6, 6.07) is 0. The van der Waals surface area contributed by atoms with Gasteiger partial charge in [0.15, 0.2) is 0 Å². The van der Waals surface area contributed by atoms with Gasteiger partial charge in [0, 0.05) is 30.8 Å². The fraction of sp³-hybridized carbons (Fsp3) is 0.538. The van der Waals surface area contributed by atoms with Gasteiger partial charge in [-0.05, 0) is 12.5 Å². The summed E-state index contributed by atoms with van der Waals surface area (Å²) in [6.07, 6.45) is 9.43. The van der Waals surface area contributed by atoms with Crippen LogP contribution in [0.3, 0.4) is 0 Å². The normalized spacial score (nSPS) is 15.6. The Morgan fingerprint density at radius 3 is 2.94 bits per heavy atom. The molecule has 1 aliphatic rings. The van der Waals surface area contributed by atoms with Gasteiger partial charge in [0.25, 0.3) is 0 Å². The molecule has 1 heterocycles. The Morgan fingerprint density at radius 1 is 1.50 bits per heavy atom. The van der Waals surface area contributed by atoms with Crippen LogP contribution in [0.4, 0.5) is 0 Å². The van der Waals surface area contributed by atoms with E-state index in [9.17, 15) is 4.79 Å². The summed E-state index contributed by atoms with van der Waals surface area (Å²) in [6.45, 7) is 6.46. The Hall–Kier alpha value is -1.38. The predicted octanol–water partition coefficient (Wildman–Crippen LogP) is 2.45. The summed E-state index contributed by atoms with van der Waals surface area (Å²) in [4.78, 5) is 15.7. The van der Waals surface area contributed by atoms with Gasteiger partial charge in [0.05, 0.1) is 0 Å². The first-order chi connectivity index (χ1) is 7.50. The quantitative estimate of drug-likeness (QED) is 0.780. The molecule has 16 heavy (non-hydrogen) atoms. The first-order valence-corrected chi connectivity index (χ1v) is 5.64. The fourth-order valence-electron chi connectivity index (χ4n) is 1.31. The van der Waals surface area contributed by atoms with Gasteiger partial charge in [-0.15, -0.1) is 0 Å². The molecule has 0 aromatic rings. The molecule has 0 saturated heterocycles. The van der Waals surface area contributed by atoms with Gasteiger partial charge in [0.1, 0.15) is 0 Å². The number of allylic oxidation sites excluding steroid dienone is 2. The molecule has 0 unspecified atom stereocenters. The third-order valence-corrected chi connectivity index (χ3v) is 2.38. The minimum absolute atomic E-state index is 0.103. The van der Waals surface area contributed by atoms with Crippen molar-refractivity contribution in [3.05, 3.63) is 23.9 Å². The molecule has 1 amide bonds. The third kappa shape index (κ3) is 4.43. The van der Waals surface area contributed by atoms with E-state index in [0.717, 1.165) is 12.8 Å². The number of rotatable bonds is 3. The summed E-state index contributed by atoms with van der Waals surface area (Å²) in [5, 5.41) is 2.94. The van der Waals surface area contributed by atoms with Crippen LogP contribution in [0.2, 0.25) is 0 Å². The molecule has 0 atom stereocenters. The minimum Gasteiger partial charge on any atom is -0.355 e. The Morgan fingerprint density at radius 2 is 2.25 bits per heavy atom. The molecule has 88 valence electrons. The lowest BCUT2D eigenvalue weighted by Crippen LogP contribution is -2.35. The summed E-state index contributed by atoms with van der Waals surface area (Å²) in [7, 11) is 0. The number of hydrogen-bond donors (Lipinski definition) is 1. The molecule has 0 aromatic heterocycles. The molecule has 0 saturated carbocycles. The van der Waals surface area contributed by atoms with Gasteiger partial charge in [-0.2, -0.15) is 0 Å². The molecule has 3 nitrogen and oxygen atoms in total. The van der Waals surface area contributed by atoms with Crippen LogP contribution in [-0.4, -0.2) is 18.7 Å². The van der Waals surface area contributed by atoms with E-state index in [-0.39, 0.29) is 11.3 Å². The highest BCUT2D eigenvalue weighted by molar-refractivity contribution is 5.81. The van der Waals surface area contributed by atoms with Crippen molar-refractivity contribution >= 4 is 12.1 Å². The Labute approximate surface area is 97.3 Å². The van der Waals surface area contributed by atoms with Crippen LogP contribution >= 0.6 is 0 Å². The van der Waals surface area contributed by atoms with E-state index in [1.54, 1.807) is 6.20 Å². The molecule has 1 N–H and O–H groups in total. The molecule has 0 aromatic carbocycles. The highest BCUT2D eigenvalue weighted by Gasteiger charge is 2.20. The highest BCUT2D eigenvalue weighted by Crippen LogP contribution is 2.13. The first-order valence-electron chi connectivity index (χ1n) is 5.64. The van der Waals surface area contributed by atoms with Crippen molar-refractivity contribution in [1.29, 1.82) is 0 Å². The molecule has 0 radical (unpaired) electrons. The van der Waals surface area contributed by atoms with Crippen LogP contribution in [-0.2, 0) is 4.79 Å². The average Bonchev–Trinajstić information content (AvgIpc) is 2.44. The number of aliphatic imine (C=N–C) groups is 1.